The molecule has 1 aliphatic rings. The Labute approximate surface area is 154 Å². The SMILES string of the molecule is CCC(=C(C)C(=O)O)c1cc(-c2ccc(O)cc2)n(C2CCCCC2)n1. The number of hydrogen-bond acceptors (Lipinski definition) is 3. The van der Waals surface area contributed by atoms with Gasteiger partial charge in [0.25, 0.3) is 0 Å². The Kier molecular flexibility index (Phi) is 5.45. The summed E-state index contributed by atoms with van der Waals surface area (Å²) in [7, 11) is 0. The number of aromatic nitrogens is 2. The quantitative estimate of drug-likeness (QED) is 0.739. The van der Waals surface area contributed by atoms with Gasteiger partial charge < -0.3 is 10.2 Å². The second kappa shape index (κ2) is 7.77. The number of aliphatic carboxylic acids is 1. The number of phenolic OH excluding ortho intramolecular Hbond substituents is 1. The van der Waals surface area contributed by atoms with Crippen LogP contribution in [0.1, 0.15) is 64.1 Å². The lowest BCUT2D eigenvalue weighted by Gasteiger charge is -2.24. The van der Waals surface area contributed by atoms with Gasteiger partial charge in [0.15, 0.2) is 0 Å². The van der Waals surface area contributed by atoms with Crippen LogP contribution < -0.4 is 0 Å². The summed E-state index contributed by atoms with van der Waals surface area (Å²) in [6.45, 7) is 3.60. The third kappa shape index (κ3) is 3.66. The molecule has 1 fully saturated rings. The van der Waals surface area contributed by atoms with Gasteiger partial charge in [0.05, 0.1) is 17.4 Å². The van der Waals surface area contributed by atoms with E-state index in [1.54, 1.807) is 19.1 Å². The van der Waals surface area contributed by atoms with E-state index in [2.05, 4.69) is 4.68 Å². The van der Waals surface area contributed by atoms with Crippen LogP contribution in [0.25, 0.3) is 16.8 Å². The van der Waals surface area contributed by atoms with E-state index in [1.165, 1.54) is 19.3 Å². The number of carbonyl (C=O) groups is 1. The van der Waals surface area contributed by atoms with Crippen molar-refractivity contribution in [1.82, 2.24) is 9.78 Å². The van der Waals surface area contributed by atoms with Crippen LogP contribution in [0.15, 0.2) is 35.9 Å². The molecule has 138 valence electrons. The summed E-state index contributed by atoms with van der Waals surface area (Å²) in [6, 6.07) is 9.44. The van der Waals surface area contributed by atoms with Crippen LogP contribution in [0.4, 0.5) is 0 Å². The fraction of sp³-hybridized carbons (Fsp3) is 0.429. The molecule has 5 heteroatoms. The van der Waals surface area contributed by atoms with Crippen LogP contribution in [-0.2, 0) is 4.79 Å². The Hall–Kier alpha value is -2.56. The number of phenols is 1. The number of carboxylic acids is 1. The molecule has 1 aromatic heterocycles. The summed E-state index contributed by atoms with van der Waals surface area (Å²) in [5, 5.41) is 23.8. The Morgan fingerprint density at radius 2 is 1.85 bits per heavy atom. The van der Waals surface area contributed by atoms with Crippen LogP contribution in [-0.4, -0.2) is 26.0 Å². The van der Waals surface area contributed by atoms with Gasteiger partial charge in [-0.05, 0) is 62.1 Å². The minimum atomic E-state index is -0.903. The predicted molar refractivity (Wildman–Crippen MR) is 102 cm³/mol. The summed E-state index contributed by atoms with van der Waals surface area (Å²) >= 11 is 0. The van der Waals surface area contributed by atoms with Crippen molar-refractivity contribution in [2.24, 2.45) is 0 Å². The predicted octanol–water partition coefficient (Wildman–Crippen LogP) is 5.03. The largest absolute Gasteiger partial charge is 0.508 e. The van der Waals surface area contributed by atoms with Gasteiger partial charge in [-0.1, -0.05) is 26.2 Å². The van der Waals surface area contributed by atoms with E-state index >= 15 is 0 Å². The highest BCUT2D eigenvalue weighted by molar-refractivity contribution is 5.95. The topological polar surface area (TPSA) is 75.3 Å². The molecule has 1 aromatic carbocycles. The first-order chi connectivity index (χ1) is 12.5. The smallest absolute Gasteiger partial charge is 0.331 e. The summed E-state index contributed by atoms with van der Waals surface area (Å²) in [4.78, 5) is 11.5. The molecule has 1 heterocycles. The number of rotatable bonds is 5. The van der Waals surface area contributed by atoms with Gasteiger partial charge in [0, 0.05) is 11.1 Å². The molecule has 0 saturated heterocycles. The van der Waals surface area contributed by atoms with Crippen LogP contribution in [0.2, 0.25) is 0 Å². The molecule has 0 atom stereocenters. The van der Waals surface area contributed by atoms with Crippen molar-refractivity contribution >= 4 is 11.5 Å². The molecular formula is C21H26N2O3. The van der Waals surface area contributed by atoms with Crippen LogP contribution in [0.3, 0.4) is 0 Å². The van der Waals surface area contributed by atoms with Crippen molar-refractivity contribution in [2.45, 2.75) is 58.4 Å². The zero-order valence-electron chi connectivity index (χ0n) is 15.4. The van der Waals surface area contributed by atoms with Gasteiger partial charge >= 0.3 is 5.97 Å². The molecule has 0 radical (unpaired) electrons. The van der Waals surface area contributed by atoms with E-state index in [0.29, 0.717) is 18.0 Å². The molecule has 0 aliphatic heterocycles. The number of benzene rings is 1. The van der Waals surface area contributed by atoms with Gasteiger partial charge in [-0.25, -0.2) is 4.79 Å². The fourth-order valence-electron chi connectivity index (χ4n) is 3.76. The first-order valence-corrected chi connectivity index (χ1v) is 9.33. The molecule has 1 saturated carbocycles. The fourth-order valence-corrected chi connectivity index (χ4v) is 3.76. The minimum absolute atomic E-state index is 0.230. The van der Waals surface area contributed by atoms with Gasteiger partial charge in [-0.15, -0.1) is 0 Å². The molecule has 0 spiro atoms. The second-order valence-electron chi connectivity index (χ2n) is 6.96. The molecule has 26 heavy (non-hydrogen) atoms. The highest BCUT2D eigenvalue weighted by Gasteiger charge is 2.22. The van der Waals surface area contributed by atoms with Crippen molar-refractivity contribution in [2.75, 3.05) is 0 Å². The lowest BCUT2D eigenvalue weighted by molar-refractivity contribution is -0.132. The van der Waals surface area contributed by atoms with Crippen LogP contribution >= 0.6 is 0 Å². The maximum atomic E-state index is 11.5. The number of nitrogens with zero attached hydrogens (tertiary/aromatic N) is 2. The highest BCUT2D eigenvalue weighted by Crippen LogP contribution is 2.35. The number of hydrogen-bond donors (Lipinski definition) is 2. The molecule has 0 amide bonds. The summed E-state index contributed by atoms with van der Waals surface area (Å²) in [6.07, 6.45) is 6.45. The van der Waals surface area contributed by atoms with E-state index in [-0.39, 0.29) is 5.75 Å². The van der Waals surface area contributed by atoms with Crippen molar-refractivity contribution in [3.63, 3.8) is 0 Å². The zero-order chi connectivity index (χ0) is 18.7. The van der Waals surface area contributed by atoms with E-state index in [0.717, 1.165) is 35.4 Å². The molecule has 2 aromatic rings. The average molecular weight is 354 g/mol. The molecule has 1 aliphatic carbocycles. The summed E-state index contributed by atoms with van der Waals surface area (Å²) in [5.41, 5.74) is 3.82. The maximum Gasteiger partial charge on any atom is 0.331 e. The maximum absolute atomic E-state index is 11.5. The van der Waals surface area contributed by atoms with Crippen molar-refractivity contribution in [3.05, 3.63) is 41.6 Å². The van der Waals surface area contributed by atoms with Gasteiger partial charge in [-0.3, -0.25) is 4.68 Å². The lowest BCUT2D eigenvalue weighted by atomic mass is 9.95. The van der Waals surface area contributed by atoms with Gasteiger partial charge in [0.1, 0.15) is 5.75 Å². The normalized spacial score (nSPS) is 16.4. The Balaban J connectivity index is 2.12. The molecular weight excluding hydrogens is 328 g/mol. The number of aromatic hydroxyl groups is 1. The second-order valence-corrected chi connectivity index (χ2v) is 6.96. The average Bonchev–Trinajstić information content (AvgIpc) is 3.08. The molecule has 5 nitrogen and oxygen atoms in total. The van der Waals surface area contributed by atoms with Crippen molar-refractivity contribution in [3.8, 4) is 17.0 Å². The monoisotopic (exact) mass is 354 g/mol. The number of allylic oxidation sites excluding steroid dienone is 1. The Morgan fingerprint density at radius 3 is 2.42 bits per heavy atom. The number of carboxylic acid groups (broad SMARTS) is 1. The first-order valence-electron chi connectivity index (χ1n) is 9.33. The summed E-state index contributed by atoms with van der Waals surface area (Å²) in [5.74, 6) is -0.672. The summed E-state index contributed by atoms with van der Waals surface area (Å²) < 4.78 is 2.08. The highest BCUT2D eigenvalue weighted by atomic mass is 16.4. The minimum Gasteiger partial charge on any atom is -0.508 e. The Morgan fingerprint density at radius 1 is 1.19 bits per heavy atom. The molecule has 3 rings (SSSR count). The van der Waals surface area contributed by atoms with Gasteiger partial charge in [-0.2, -0.15) is 5.10 Å². The first kappa shape index (κ1) is 18.2. The van der Waals surface area contributed by atoms with E-state index in [9.17, 15) is 15.0 Å². The third-order valence-electron chi connectivity index (χ3n) is 5.26. The third-order valence-corrected chi connectivity index (χ3v) is 5.26. The van der Waals surface area contributed by atoms with Crippen LogP contribution in [0, 0.1) is 0 Å². The van der Waals surface area contributed by atoms with E-state index in [4.69, 9.17) is 5.10 Å². The van der Waals surface area contributed by atoms with E-state index < -0.39 is 5.97 Å². The molecule has 0 bridgehead atoms. The zero-order valence-corrected chi connectivity index (χ0v) is 15.4. The van der Waals surface area contributed by atoms with Crippen LogP contribution in [0.5, 0.6) is 5.75 Å². The standard InChI is InChI=1S/C21H26N2O3/c1-3-18(14(2)21(25)26)19-13-20(15-9-11-17(24)12-10-15)23(22-19)16-7-5-4-6-8-16/h9-13,16,24H,3-8H2,1-2H3,(H,25,26). The molecule has 0 unspecified atom stereocenters. The molecule has 2 N–H and O–H groups in total. The van der Waals surface area contributed by atoms with Crippen molar-refractivity contribution in [1.29, 1.82) is 0 Å². The van der Waals surface area contributed by atoms with E-state index in [1.807, 2.05) is 25.1 Å². The lowest BCUT2D eigenvalue weighted by Crippen LogP contribution is -2.15. The Bertz CT molecular complexity index is 812. The van der Waals surface area contributed by atoms with Crippen molar-refractivity contribution < 1.29 is 15.0 Å². The van der Waals surface area contributed by atoms with Gasteiger partial charge in [0.2, 0.25) is 0 Å².